The molecule has 0 unspecified atom stereocenters. The second-order valence-corrected chi connectivity index (χ2v) is 3.96. The van der Waals surface area contributed by atoms with Crippen molar-refractivity contribution in [1.82, 2.24) is 0 Å². The predicted octanol–water partition coefficient (Wildman–Crippen LogP) is 1.88. The van der Waals surface area contributed by atoms with Crippen molar-refractivity contribution in [3.63, 3.8) is 0 Å². The number of carbonyl (C=O) groups excluding carboxylic acids is 1. The van der Waals surface area contributed by atoms with Crippen molar-refractivity contribution in [3.8, 4) is 5.75 Å². The van der Waals surface area contributed by atoms with Crippen LogP contribution >= 0.6 is 0 Å². The lowest BCUT2D eigenvalue weighted by molar-refractivity contribution is -0.131. The second kappa shape index (κ2) is 5.86. The summed E-state index contributed by atoms with van der Waals surface area (Å²) in [5.74, 6) is -1.08. The summed E-state index contributed by atoms with van der Waals surface area (Å²) in [5.41, 5.74) is 6.41. The molecule has 0 aliphatic carbocycles. The van der Waals surface area contributed by atoms with E-state index in [0.717, 1.165) is 12.2 Å². The number of nitrogens with two attached hydrogens (primary N) is 1. The van der Waals surface area contributed by atoms with Crippen LogP contribution in [0, 0.1) is 0 Å². The monoisotopic (exact) mass is 249 g/mol. The number of carboxylic acids is 1. The van der Waals surface area contributed by atoms with E-state index in [0.29, 0.717) is 17.0 Å². The zero-order valence-electron chi connectivity index (χ0n) is 10.2. The highest BCUT2D eigenvalue weighted by atomic mass is 16.5. The van der Waals surface area contributed by atoms with Crippen LogP contribution in [0.25, 0.3) is 0 Å². The van der Waals surface area contributed by atoms with Gasteiger partial charge < -0.3 is 15.6 Å². The number of hydrogen-bond donors (Lipinski definition) is 2. The van der Waals surface area contributed by atoms with Gasteiger partial charge in [-0.2, -0.15) is 0 Å². The van der Waals surface area contributed by atoms with E-state index in [1.807, 2.05) is 13.8 Å². The molecule has 1 aromatic rings. The van der Waals surface area contributed by atoms with E-state index in [1.54, 1.807) is 12.1 Å². The fourth-order valence-electron chi connectivity index (χ4n) is 1.31. The Morgan fingerprint density at radius 3 is 2.50 bits per heavy atom. The van der Waals surface area contributed by atoms with Gasteiger partial charge in [-0.05, 0) is 38.1 Å². The van der Waals surface area contributed by atoms with Crippen LogP contribution in [-0.4, -0.2) is 23.0 Å². The summed E-state index contributed by atoms with van der Waals surface area (Å²) in [7, 11) is 0. The van der Waals surface area contributed by atoms with Crippen LogP contribution in [-0.2, 0) is 4.79 Å². The molecular weight excluding hydrogens is 234 g/mol. The van der Waals surface area contributed by atoms with E-state index in [4.69, 9.17) is 15.6 Å². The van der Waals surface area contributed by atoms with Gasteiger partial charge in [-0.1, -0.05) is 0 Å². The summed E-state index contributed by atoms with van der Waals surface area (Å²) in [6.45, 7) is 3.74. The second-order valence-electron chi connectivity index (χ2n) is 3.96. The Morgan fingerprint density at radius 1 is 1.33 bits per heavy atom. The zero-order valence-corrected chi connectivity index (χ0v) is 10.2. The minimum atomic E-state index is -1.17. The van der Waals surface area contributed by atoms with Gasteiger partial charge in [0.25, 0.3) is 0 Å². The molecule has 0 spiro atoms. The molecule has 18 heavy (non-hydrogen) atoms. The van der Waals surface area contributed by atoms with Crippen molar-refractivity contribution in [2.24, 2.45) is 0 Å². The summed E-state index contributed by atoms with van der Waals surface area (Å²) in [4.78, 5) is 21.9. The molecule has 1 rings (SSSR count). The van der Waals surface area contributed by atoms with E-state index in [1.165, 1.54) is 6.07 Å². The Labute approximate surface area is 105 Å². The Kier molecular flexibility index (Phi) is 4.48. The number of anilines is 1. The molecule has 96 valence electrons. The van der Waals surface area contributed by atoms with Crippen molar-refractivity contribution in [2.45, 2.75) is 20.0 Å². The molecule has 0 radical (unpaired) electrons. The van der Waals surface area contributed by atoms with Crippen LogP contribution in [0.1, 0.15) is 24.2 Å². The fourth-order valence-corrected chi connectivity index (χ4v) is 1.31. The first-order valence-electron chi connectivity index (χ1n) is 5.41. The van der Waals surface area contributed by atoms with Gasteiger partial charge in [-0.15, -0.1) is 0 Å². The summed E-state index contributed by atoms with van der Waals surface area (Å²) in [6.07, 6.45) is 1.76. The lowest BCUT2D eigenvalue weighted by atomic mass is 10.1. The number of carboxylic acid groups (broad SMARTS) is 1. The lowest BCUT2D eigenvalue weighted by Gasteiger charge is -2.12. The number of hydrogen-bond acceptors (Lipinski definition) is 4. The highest BCUT2D eigenvalue weighted by molar-refractivity contribution is 6.07. The Balaban J connectivity index is 2.90. The van der Waals surface area contributed by atoms with Crippen LogP contribution in [0.4, 0.5) is 5.69 Å². The molecule has 3 N–H and O–H groups in total. The maximum Gasteiger partial charge on any atom is 0.328 e. The number of ketones is 1. The average molecular weight is 249 g/mol. The molecule has 0 atom stereocenters. The van der Waals surface area contributed by atoms with Crippen LogP contribution in [0.3, 0.4) is 0 Å². The third-order valence-electron chi connectivity index (χ3n) is 2.03. The molecule has 5 heteroatoms. The molecule has 1 aromatic carbocycles. The number of nitrogen functional groups attached to an aromatic ring is 1. The predicted molar refractivity (Wildman–Crippen MR) is 67.7 cm³/mol. The molecule has 0 aliphatic heterocycles. The number of carbonyl (C=O) groups is 2. The quantitative estimate of drug-likeness (QED) is 0.472. The molecule has 5 nitrogen and oxygen atoms in total. The minimum Gasteiger partial charge on any atom is -0.489 e. The Morgan fingerprint density at radius 2 is 2.00 bits per heavy atom. The molecule has 0 aliphatic rings. The van der Waals surface area contributed by atoms with Crippen LogP contribution in [0.15, 0.2) is 30.4 Å². The van der Waals surface area contributed by atoms with Gasteiger partial charge >= 0.3 is 5.97 Å². The van der Waals surface area contributed by atoms with Gasteiger partial charge in [0.05, 0.1) is 11.8 Å². The smallest absolute Gasteiger partial charge is 0.328 e. The van der Waals surface area contributed by atoms with Gasteiger partial charge in [0.2, 0.25) is 0 Å². The summed E-state index contributed by atoms with van der Waals surface area (Å²) in [5, 5.41) is 8.42. The van der Waals surface area contributed by atoms with Crippen molar-refractivity contribution >= 4 is 17.4 Å². The molecule has 0 heterocycles. The first kappa shape index (κ1) is 13.8. The van der Waals surface area contributed by atoms with Crippen molar-refractivity contribution in [2.75, 3.05) is 5.73 Å². The van der Waals surface area contributed by atoms with E-state index in [9.17, 15) is 9.59 Å². The molecule has 0 amide bonds. The molecule has 0 bridgehead atoms. The van der Waals surface area contributed by atoms with Gasteiger partial charge in [0.1, 0.15) is 5.75 Å². The SMILES string of the molecule is CC(C)Oc1ccc(C(=O)/C=C/C(=O)O)cc1N. The van der Waals surface area contributed by atoms with E-state index in [-0.39, 0.29) is 6.10 Å². The van der Waals surface area contributed by atoms with Gasteiger partial charge in [-0.3, -0.25) is 4.79 Å². The normalized spacial score (nSPS) is 10.8. The largest absolute Gasteiger partial charge is 0.489 e. The van der Waals surface area contributed by atoms with Gasteiger partial charge in [0.15, 0.2) is 5.78 Å². The maximum absolute atomic E-state index is 11.6. The zero-order chi connectivity index (χ0) is 13.7. The third kappa shape index (κ3) is 3.93. The molecule has 0 saturated heterocycles. The first-order chi connectivity index (χ1) is 8.40. The Bertz CT molecular complexity index is 492. The van der Waals surface area contributed by atoms with Crippen molar-refractivity contribution in [1.29, 1.82) is 0 Å². The number of benzene rings is 1. The summed E-state index contributed by atoms with van der Waals surface area (Å²) < 4.78 is 5.43. The van der Waals surface area contributed by atoms with Gasteiger partial charge in [0, 0.05) is 11.6 Å². The molecule has 0 aromatic heterocycles. The number of allylic oxidation sites excluding steroid dienone is 1. The molecular formula is C13H15NO4. The van der Waals surface area contributed by atoms with E-state index in [2.05, 4.69) is 0 Å². The summed E-state index contributed by atoms with van der Waals surface area (Å²) >= 11 is 0. The van der Waals surface area contributed by atoms with Crippen molar-refractivity contribution < 1.29 is 19.4 Å². The van der Waals surface area contributed by atoms with Gasteiger partial charge in [-0.25, -0.2) is 4.79 Å². The van der Waals surface area contributed by atoms with Crippen LogP contribution in [0.2, 0.25) is 0 Å². The standard InChI is InChI=1S/C13H15NO4/c1-8(2)18-12-5-3-9(7-10(12)14)11(15)4-6-13(16)17/h3-8H,14H2,1-2H3,(H,16,17)/b6-4+. The van der Waals surface area contributed by atoms with Crippen LogP contribution in [0.5, 0.6) is 5.75 Å². The number of rotatable bonds is 5. The topological polar surface area (TPSA) is 89.6 Å². The highest BCUT2D eigenvalue weighted by Gasteiger charge is 2.08. The maximum atomic E-state index is 11.6. The van der Waals surface area contributed by atoms with Crippen LogP contribution < -0.4 is 10.5 Å². The lowest BCUT2D eigenvalue weighted by Crippen LogP contribution is -2.08. The average Bonchev–Trinajstić information content (AvgIpc) is 2.28. The molecule has 0 saturated carbocycles. The first-order valence-corrected chi connectivity index (χ1v) is 5.41. The minimum absolute atomic E-state index is 0.0132. The fraction of sp³-hybridized carbons (Fsp3) is 0.231. The summed E-state index contributed by atoms with van der Waals surface area (Å²) in [6, 6.07) is 4.60. The molecule has 0 fully saturated rings. The Hall–Kier alpha value is -2.30. The number of ether oxygens (including phenoxy) is 1. The third-order valence-corrected chi connectivity index (χ3v) is 2.03. The van der Waals surface area contributed by atoms with Crippen molar-refractivity contribution in [3.05, 3.63) is 35.9 Å². The van der Waals surface area contributed by atoms with E-state index >= 15 is 0 Å². The number of aliphatic carboxylic acids is 1. The highest BCUT2D eigenvalue weighted by Crippen LogP contribution is 2.23. The van der Waals surface area contributed by atoms with E-state index < -0.39 is 11.8 Å².